The Morgan fingerprint density at radius 3 is 2.50 bits per heavy atom. The number of furan rings is 1. The number of aromatic nitrogens is 2. The summed E-state index contributed by atoms with van der Waals surface area (Å²) in [5.74, 6) is 2.09. The average Bonchev–Trinajstić information content (AvgIpc) is 3.21. The van der Waals surface area contributed by atoms with Gasteiger partial charge < -0.3 is 24.9 Å². The number of nitrogens with zero attached hydrogens (tertiary/aromatic N) is 3. The zero-order valence-corrected chi connectivity index (χ0v) is 18.5. The molecule has 0 spiro atoms. The van der Waals surface area contributed by atoms with Gasteiger partial charge in [0.2, 0.25) is 5.95 Å². The molecule has 4 rings (SSSR count). The molecule has 4 aromatic rings. The maximum atomic E-state index is 10.1. The summed E-state index contributed by atoms with van der Waals surface area (Å²) < 4.78 is 12.0. The zero-order chi connectivity index (χ0) is 22.7. The van der Waals surface area contributed by atoms with Gasteiger partial charge in [-0.1, -0.05) is 11.6 Å². The molecule has 0 saturated carbocycles. The number of rotatable bonds is 7. The third kappa shape index (κ3) is 4.85. The van der Waals surface area contributed by atoms with Crippen molar-refractivity contribution in [3.05, 3.63) is 65.8 Å². The van der Waals surface area contributed by atoms with Crippen molar-refractivity contribution in [2.75, 3.05) is 33.0 Å². The topological polar surface area (TPSA) is 97.6 Å². The number of hydrogen-bond donors (Lipinski definition) is 2. The highest BCUT2D eigenvalue weighted by atomic mass is 35.5. The van der Waals surface area contributed by atoms with E-state index in [2.05, 4.69) is 14.9 Å². The van der Waals surface area contributed by atoms with E-state index >= 15 is 0 Å². The van der Waals surface area contributed by atoms with Gasteiger partial charge in [-0.05, 0) is 68.7 Å². The number of likely N-dealkylation sites (N-methyl/N-ethyl adjacent to an activating group) is 1. The van der Waals surface area contributed by atoms with Gasteiger partial charge in [-0.2, -0.15) is 0 Å². The number of nitrogen functional groups attached to an aromatic ring is 1. The van der Waals surface area contributed by atoms with Gasteiger partial charge in [0.25, 0.3) is 0 Å². The average molecular weight is 451 g/mol. The number of hydrogen-bond acceptors (Lipinski definition) is 7. The fourth-order valence-corrected chi connectivity index (χ4v) is 3.29. The molecule has 3 N–H and O–H groups in total. The smallest absolute Gasteiger partial charge is 0.220 e. The summed E-state index contributed by atoms with van der Waals surface area (Å²) in [7, 11) is 4.01. The molecule has 0 bridgehead atoms. The molecular weight excluding hydrogens is 428 g/mol. The lowest BCUT2D eigenvalue weighted by atomic mass is 10.0. The lowest BCUT2D eigenvalue weighted by Crippen LogP contribution is -2.19. The molecule has 0 saturated heterocycles. The van der Waals surface area contributed by atoms with E-state index < -0.39 is 0 Å². The van der Waals surface area contributed by atoms with Gasteiger partial charge in [0.1, 0.15) is 29.6 Å². The summed E-state index contributed by atoms with van der Waals surface area (Å²) in [5.41, 5.74) is 8.66. The molecule has 164 valence electrons. The molecule has 0 aliphatic rings. The quantitative estimate of drug-likeness (QED) is 0.411. The second kappa shape index (κ2) is 9.30. The minimum atomic E-state index is -0.0329. The molecule has 8 heteroatoms. The van der Waals surface area contributed by atoms with Crippen LogP contribution in [0.1, 0.15) is 0 Å². The van der Waals surface area contributed by atoms with Crippen LogP contribution in [0.3, 0.4) is 0 Å². The van der Waals surface area contributed by atoms with Gasteiger partial charge >= 0.3 is 0 Å². The van der Waals surface area contributed by atoms with E-state index in [1.807, 2.05) is 44.4 Å². The Hall–Kier alpha value is -3.55. The first kappa shape index (κ1) is 21.7. The van der Waals surface area contributed by atoms with Gasteiger partial charge in [-0.15, -0.1) is 0 Å². The molecule has 2 aromatic heterocycles. The van der Waals surface area contributed by atoms with Crippen molar-refractivity contribution in [3.8, 4) is 45.4 Å². The molecule has 2 heterocycles. The number of halogens is 1. The summed E-state index contributed by atoms with van der Waals surface area (Å²) in [5, 5.41) is 10.4. The van der Waals surface area contributed by atoms with Crippen LogP contribution in [0.5, 0.6) is 11.5 Å². The van der Waals surface area contributed by atoms with Crippen LogP contribution >= 0.6 is 11.6 Å². The van der Waals surface area contributed by atoms with Crippen molar-refractivity contribution in [2.45, 2.75) is 0 Å². The van der Waals surface area contributed by atoms with Crippen molar-refractivity contribution in [3.63, 3.8) is 0 Å². The minimum absolute atomic E-state index is 0.0329. The molecule has 7 nitrogen and oxygen atoms in total. The van der Waals surface area contributed by atoms with Crippen LogP contribution in [0.2, 0.25) is 5.02 Å². The Morgan fingerprint density at radius 2 is 1.81 bits per heavy atom. The number of phenols is 1. The normalized spacial score (nSPS) is 11.1. The van der Waals surface area contributed by atoms with Crippen LogP contribution in [0.4, 0.5) is 5.95 Å². The summed E-state index contributed by atoms with van der Waals surface area (Å²) >= 11 is 5.98. The van der Waals surface area contributed by atoms with E-state index in [0.717, 1.165) is 23.4 Å². The lowest BCUT2D eigenvalue weighted by molar-refractivity contribution is 0.261. The van der Waals surface area contributed by atoms with Crippen LogP contribution in [0.25, 0.3) is 33.9 Å². The molecule has 2 aromatic carbocycles. The number of benzene rings is 2. The third-order valence-corrected chi connectivity index (χ3v) is 5.16. The molecule has 0 fully saturated rings. The molecule has 0 aliphatic carbocycles. The van der Waals surface area contributed by atoms with Crippen LogP contribution in [-0.2, 0) is 0 Å². The van der Waals surface area contributed by atoms with Gasteiger partial charge in [0.15, 0.2) is 0 Å². The van der Waals surface area contributed by atoms with E-state index in [0.29, 0.717) is 29.4 Å². The fraction of sp³-hybridized carbons (Fsp3) is 0.167. The second-order valence-corrected chi connectivity index (χ2v) is 7.90. The minimum Gasteiger partial charge on any atom is -0.506 e. The van der Waals surface area contributed by atoms with Crippen LogP contribution in [0.15, 0.2) is 65.2 Å². The number of nitrogens with two attached hydrogens (primary N) is 1. The zero-order valence-electron chi connectivity index (χ0n) is 17.7. The van der Waals surface area contributed by atoms with Crippen molar-refractivity contribution >= 4 is 17.5 Å². The summed E-state index contributed by atoms with van der Waals surface area (Å²) in [6.07, 6.45) is 1.59. The highest BCUT2D eigenvalue weighted by Crippen LogP contribution is 2.40. The predicted molar refractivity (Wildman–Crippen MR) is 126 cm³/mol. The maximum Gasteiger partial charge on any atom is 0.220 e. The van der Waals surface area contributed by atoms with Gasteiger partial charge in [-0.3, -0.25) is 0 Å². The molecule has 0 unspecified atom stereocenters. The van der Waals surface area contributed by atoms with E-state index in [1.54, 1.807) is 30.5 Å². The Bertz CT molecular complexity index is 1220. The Labute approximate surface area is 191 Å². The molecule has 0 amide bonds. The monoisotopic (exact) mass is 450 g/mol. The Balaban J connectivity index is 1.71. The Kier molecular flexibility index (Phi) is 6.30. The first-order valence-electron chi connectivity index (χ1n) is 10.0. The Morgan fingerprint density at radius 1 is 1.06 bits per heavy atom. The number of anilines is 1. The van der Waals surface area contributed by atoms with Crippen LogP contribution < -0.4 is 10.5 Å². The van der Waals surface area contributed by atoms with E-state index in [4.69, 9.17) is 26.5 Å². The number of phenolic OH excluding ortho intramolecular Hbond substituents is 1. The van der Waals surface area contributed by atoms with E-state index in [1.165, 1.54) is 0 Å². The largest absolute Gasteiger partial charge is 0.506 e. The number of aromatic hydroxyl groups is 1. The first-order valence-corrected chi connectivity index (χ1v) is 10.4. The standard InChI is InChI=1S/C24H23ClN4O3/c1-29(2)11-12-31-17-6-3-15(4-7-17)22-14-18(20-9-10-27-24(26)28-20)23(32-22)16-5-8-19(25)21(30)13-16/h3-10,13-14,30H,11-12H2,1-2H3,(H2,26,27,28). The van der Waals surface area contributed by atoms with Crippen LogP contribution in [-0.4, -0.2) is 47.2 Å². The van der Waals surface area contributed by atoms with Crippen molar-refractivity contribution in [2.24, 2.45) is 0 Å². The van der Waals surface area contributed by atoms with Crippen molar-refractivity contribution < 1.29 is 14.3 Å². The third-order valence-electron chi connectivity index (χ3n) is 4.84. The lowest BCUT2D eigenvalue weighted by Gasteiger charge is -2.11. The van der Waals surface area contributed by atoms with E-state index in [-0.39, 0.29) is 16.7 Å². The molecule has 0 radical (unpaired) electrons. The van der Waals surface area contributed by atoms with Gasteiger partial charge in [0.05, 0.1) is 10.7 Å². The number of ether oxygens (including phenoxy) is 1. The van der Waals surface area contributed by atoms with Gasteiger partial charge in [-0.25, -0.2) is 9.97 Å². The van der Waals surface area contributed by atoms with Crippen molar-refractivity contribution in [1.82, 2.24) is 14.9 Å². The molecule has 32 heavy (non-hydrogen) atoms. The predicted octanol–water partition coefficient (Wildman–Crippen LogP) is 4.95. The second-order valence-electron chi connectivity index (χ2n) is 7.50. The molecular formula is C24H23ClN4O3. The maximum absolute atomic E-state index is 10.1. The first-order chi connectivity index (χ1) is 15.4. The summed E-state index contributed by atoms with van der Waals surface area (Å²) in [6.45, 7) is 1.44. The SMILES string of the molecule is CN(C)CCOc1ccc(-c2cc(-c3ccnc(N)n3)c(-c3ccc(Cl)c(O)c3)o2)cc1. The molecule has 0 aliphatic heterocycles. The highest BCUT2D eigenvalue weighted by molar-refractivity contribution is 6.32. The summed E-state index contributed by atoms with van der Waals surface area (Å²) in [6, 6.07) is 16.3. The molecule has 0 atom stereocenters. The van der Waals surface area contributed by atoms with Crippen LogP contribution in [0, 0.1) is 0 Å². The van der Waals surface area contributed by atoms with Gasteiger partial charge in [0, 0.05) is 29.4 Å². The summed E-state index contributed by atoms with van der Waals surface area (Å²) in [4.78, 5) is 10.4. The van der Waals surface area contributed by atoms with Crippen molar-refractivity contribution in [1.29, 1.82) is 0 Å². The fourth-order valence-electron chi connectivity index (χ4n) is 3.18. The van der Waals surface area contributed by atoms with E-state index in [9.17, 15) is 5.11 Å². The highest BCUT2D eigenvalue weighted by Gasteiger charge is 2.18.